The maximum atomic E-state index is 12.8. The van der Waals surface area contributed by atoms with Crippen LogP contribution < -0.4 is 5.32 Å². The SMILES string of the molecule is CC(C)(C)NCc1ncoc1-c1cccc(C(F)(F)F)c1. The van der Waals surface area contributed by atoms with Crippen LogP contribution in [0.5, 0.6) is 0 Å². The van der Waals surface area contributed by atoms with Gasteiger partial charge in [-0.3, -0.25) is 0 Å². The minimum atomic E-state index is -4.38. The van der Waals surface area contributed by atoms with Gasteiger partial charge in [-0.25, -0.2) is 4.98 Å². The zero-order chi connectivity index (χ0) is 15.7. The van der Waals surface area contributed by atoms with Crippen molar-refractivity contribution in [3.05, 3.63) is 41.9 Å². The van der Waals surface area contributed by atoms with Crippen molar-refractivity contribution in [3.8, 4) is 11.3 Å². The molecule has 114 valence electrons. The largest absolute Gasteiger partial charge is 0.443 e. The maximum absolute atomic E-state index is 12.8. The van der Waals surface area contributed by atoms with E-state index in [2.05, 4.69) is 10.3 Å². The minimum absolute atomic E-state index is 0.121. The molecule has 1 N–H and O–H groups in total. The van der Waals surface area contributed by atoms with Gasteiger partial charge in [-0.2, -0.15) is 13.2 Å². The second kappa shape index (κ2) is 5.52. The van der Waals surface area contributed by atoms with Crippen molar-refractivity contribution in [2.75, 3.05) is 0 Å². The first-order valence-electron chi connectivity index (χ1n) is 6.52. The Bertz CT molecular complexity index is 612. The summed E-state index contributed by atoms with van der Waals surface area (Å²) >= 11 is 0. The van der Waals surface area contributed by atoms with E-state index < -0.39 is 11.7 Å². The Balaban J connectivity index is 2.29. The van der Waals surface area contributed by atoms with Gasteiger partial charge in [0, 0.05) is 17.6 Å². The van der Waals surface area contributed by atoms with E-state index in [-0.39, 0.29) is 5.54 Å². The second-order valence-corrected chi connectivity index (χ2v) is 5.81. The standard InChI is InChI=1S/C15H17F3N2O/c1-14(2,3)20-8-12-13(21-9-19-12)10-5-4-6-11(7-10)15(16,17)18/h4-7,9,20H,8H2,1-3H3. The van der Waals surface area contributed by atoms with E-state index in [0.717, 1.165) is 12.1 Å². The number of aromatic nitrogens is 1. The third-order valence-corrected chi connectivity index (χ3v) is 2.88. The first-order chi connectivity index (χ1) is 9.67. The summed E-state index contributed by atoms with van der Waals surface area (Å²) in [6.45, 7) is 6.41. The van der Waals surface area contributed by atoms with Crippen LogP contribution in [-0.4, -0.2) is 10.5 Å². The molecule has 2 rings (SSSR count). The highest BCUT2D eigenvalue weighted by Crippen LogP contribution is 2.33. The fourth-order valence-corrected chi connectivity index (χ4v) is 1.82. The van der Waals surface area contributed by atoms with Crippen molar-refractivity contribution >= 4 is 0 Å². The molecule has 0 unspecified atom stereocenters. The van der Waals surface area contributed by atoms with Crippen LogP contribution in [-0.2, 0) is 12.7 Å². The first kappa shape index (κ1) is 15.6. The van der Waals surface area contributed by atoms with Crippen LogP contribution in [0.2, 0.25) is 0 Å². The van der Waals surface area contributed by atoms with Crippen molar-refractivity contribution in [1.82, 2.24) is 10.3 Å². The number of benzene rings is 1. The molecular formula is C15H17F3N2O. The number of nitrogens with one attached hydrogen (secondary N) is 1. The summed E-state index contributed by atoms with van der Waals surface area (Å²) < 4.78 is 43.5. The third-order valence-electron chi connectivity index (χ3n) is 2.88. The molecule has 0 amide bonds. The molecule has 0 fully saturated rings. The van der Waals surface area contributed by atoms with Crippen molar-refractivity contribution in [1.29, 1.82) is 0 Å². The fourth-order valence-electron chi connectivity index (χ4n) is 1.82. The van der Waals surface area contributed by atoms with Gasteiger partial charge >= 0.3 is 6.18 Å². The summed E-state index contributed by atoms with van der Waals surface area (Å²) in [6, 6.07) is 5.05. The van der Waals surface area contributed by atoms with Crippen molar-refractivity contribution in [2.45, 2.75) is 39.0 Å². The van der Waals surface area contributed by atoms with Gasteiger partial charge in [0.15, 0.2) is 12.2 Å². The fraction of sp³-hybridized carbons (Fsp3) is 0.400. The summed E-state index contributed by atoms with van der Waals surface area (Å²) in [5, 5.41) is 3.23. The molecule has 2 aromatic rings. The van der Waals surface area contributed by atoms with E-state index in [1.807, 2.05) is 20.8 Å². The lowest BCUT2D eigenvalue weighted by atomic mass is 10.1. The summed E-state index contributed by atoms with van der Waals surface area (Å²) in [5.74, 6) is 0.359. The van der Waals surface area contributed by atoms with Crippen molar-refractivity contribution in [2.24, 2.45) is 0 Å². The lowest BCUT2D eigenvalue weighted by Gasteiger charge is -2.19. The highest BCUT2D eigenvalue weighted by molar-refractivity contribution is 5.60. The number of oxazole rings is 1. The van der Waals surface area contributed by atoms with Crippen molar-refractivity contribution < 1.29 is 17.6 Å². The third kappa shape index (κ3) is 4.07. The topological polar surface area (TPSA) is 38.1 Å². The second-order valence-electron chi connectivity index (χ2n) is 5.81. The highest BCUT2D eigenvalue weighted by atomic mass is 19.4. The average Bonchev–Trinajstić information content (AvgIpc) is 2.83. The Morgan fingerprint density at radius 1 is 1.19 bits per heavy atom. The van der Waals surface area contributed by atoms with Crippen LogP contribution >= 0.6 is 0 Å². The summed E-state index contributed by atoms with van der Waals surface area (Å²) in [4.78, 5) is 4.08. The van der Waals surface area contributed by atoms with E-state index in [0.29, 0.717) is 23.6 Å². The van der Waals surface area contributed by atoms with Crippen LogP contribution in [0.4, 0.5) is 13.2 Å². The van der Waals surface area contributed by atoms with Gasteiger partial charge in [0.2, 0.25) is 0 Å². The zero-order valence-corrected chi connectivity index (χ0v) is 12.1. The summed E-state index contributed by atoms with van der Waals surface area (Å²) in [5.41, 5.74) is 0.132. The Kier molecular flexibility index (Phi) is 4.09. The molecule has 3 nitrogen and oxygen atoms in total. The van der Waals surface area contributed by atoms with Gasteiger partial charge in [0.25, 0.3) is 0 Å². The number of hydrogen-bond acceptors (Lipinski definition) is 3. The van der Waals surface area contributed by atoms with Gasteiger partial charge in [-0.05, 0) is 32.9 Å². The number of hydrogen-bond donors (Lipinski definition) is 1. The van der Waals surface area contributed by atoms with Crippen LogP contribution in [0.25, 0.3) is 11.3 Å². The molecule has 0 aliphatic rings. The van der Waals surface area contributed by atoms with Crippen LogP contribution in [0.1, 0.15) is 32.0 Å². The first-order valence-corrected chi connectivity index (χ1v) is 6.52. The van der Waals surface area contributed by atoms with Gasteiger partial charge in [0.05, 0.1) is 5.56 Å². The van der Waals surface area contributed by atoms with E-state index in [1.165, 1.54) is 12.5 Å². The molecular weight excluding hydrogens is 281 g/mol. The average molecular weight is 298 g/mol. The van der Waals surface area contributed by atoms with Crippen molar-refractivity contribution in [3.63, 3.8) is 0 Å². The van der Waals surface area contributed by atoms with Crippen LogP contribution in [0.3, 0.4) is 0 Å². The predicted octanol–water partition coefficient (Wildman–Crippen LogP) is 4.25. The molecule has 0 aliphatic heterocycles. The number of rotatable bonds is 3. The number of alkyl halides is 3. The Morgan fingerprint density at radius 3 is 2.52 bits per heavy atom. The number of halogens is 3. The maximum Gasteiger partial charge on any atom is 0.416 e. The quantitative estimate of drug-likeness (QED) is 0.920. The Labute approximate surface area is 121 Å². The normalized spacial score (nSPS) is 12.7. The zero-order valence-electron chi connectivity index (χ0n) is 12.1. The van der Waals surface area contributed by atoms with E-state index in [4.69, 9.17) is 4.42 Å². The molecule has 6 heteroatoms. The van der Waals surface area contributed by atoms with Gasteiger partial charge < -0.3 is 9.73 Å². The Morgan fingerprint density at radius 2 is 1.90 bits per heavy atom. The molecule has 0 bridgehead atoms. The minimum Gasteiger partial charge on any atom is -0.443 e. The van der Waals surface area contributed by atoms with Gasteiger partial charge in [-0.15, -0.1) is 0 Å². The predicted molar refractivity (Wildman–Crippen MR) is 73.5 cm³/mol. The molecule has 1 heterocycles. The molecule has 0 aliphatic carbocycles. The van der Waals surface area contributed by atoms with Crippen LogP contribution in [0.15, 0.2) is 35.1 Å². The Hall–Kier alpha value is -1.82. The molecule has 21 heavy (non-hydrogen) atoms. The summed E-state index contributed by atoms with van der Waals surface area (Å²) in [7, 11) is 0. The van der Waals surface area contributed by atoms with E-state index >= 15 is 0 Å². The van der Waals surface area contributed by atoms with E-state index in [9.17, 15) is 13.2 Å². The van der Waals surface area contributed by atoms with Gasteiger partial charge in [0.1, 0.15) is 5.69 Å². The molecule has 0 radical (unpaired) electrons. The lowest BCUT2D eigenvalue weighted by molar-refractivity contribution is -0.137. The lowest BCUT2D eigenvalue weighted by Crippen LogP contribution is -2.35. The van der Waals surface area contributed by atoms with Crippen LogP contribution in [0, 0.1) is 0 Å². The summed E-state index contributed by atoms with van der Waals surface area (Å²) in [6.07, 6.45) is -3.13. The molecule has 0 saturated carbocycles. The van der Waals surface area contributed by atoms with E-state index in [1.54, 1.807) is 6.07 Å². The van der Waals surface area contributed by atoms with Gasteiger partial charge in [-0.1, -0.05) is 12.1 Å². The smallest absolute Gasteiger partial charge is 0.416 e. The number of nitrogens with zero attached hydrogens (tertiary/aromatic N) is 1. The molecule has 0 atom stereocenters. The molecule has 1 aromatic heterocycles. The molecule has 1 aromatic carbocycles. The molecule has 0 saturated heterocycles. The molecule has 0 spiro atoms. The highest BCUT2D eigenvalue weighted by Gasteiger charge is 2.31. The monoisotopic (exact) mass is 298 g/mol.